The zero-order chi connectivity index (χ0) is 18.8. The Kier molecular flexibility index (Phi) is 7.76. The van der Waals surface area contributed by atoms with Crippen molar-refractivity contribution in [1.29, 1.82) is 0 Å². The zero-order valence-corrected chi connectivity index (χ0v) is 15.1. The van der Waals surface area contributed by atoms with Crippen molar-refractivity contribution in [2.75, 3.05) is 26.4 Å². The van der Waals surface area contributed by atoms with Crippen molar-refractivity contribution in [3.8, 4) is 11.5 Å². The first-order valence-corrected chi connectivity index (χ1v) is 8.52. The molecule has 0 saturated carbocycles. The van der Waals surface area contributed by atoms with E-state index in [-0.39, 0.29) is 25.3 Å². The summed E-state index contributed by atoms with van der Waals surface area (Å²) in [7, 11) is 0. The Morgan fingerprint density at radius 3 is 2.50 bits per heavy atom. The van der Waals surface area contributed by atoms with Gasteiger partial charge in [-0.3, -0.25) is 4.79 Å². The number of rotatable bonds is 9. The van der Waals surface area contributed by atoms with Crippen molar-refractivity contribution < 1.29 is 23.8 Å². The van der Waals surface area contributed by atoms with E-state index in [2.05, 4.69) is 5.32 Å². The predicted molar refractivity (Wildman–Crippen MR) is 97.9 cm³/mol. The summed E-state index contributed by atoms with van der Waals surface area (Å²) in [6.45, 7) is 2.45. The fourth-order valence-corrected chi connectivity index (χ4v) is 2.19. The molecule has 0 aliphatic carbocycles. The van der Waals surface area contributed by atoms with Gasteiger partial charge >= 0.3 is 5.97 Å². The van der Waals surface area contributed by atoms with Gasteiger partial charge in [0.25, 0.3) is 5.91 Å². The molecule has 0 heterocycles. The van der Waals surface area contributed by atoms with Gasteiger partial charge in [-0.15, -0.1) is 0 Å². The lowest BCUT2D eigenvalue weighted by Gasteiger charge is -2.10. The number of para-hydroxylation sites is 1. The van der Waals surface area contributed by atoms with Gasteiger partial charge in [0, 0.05) is 5.02 Å². The summed E-state index contributed by atoms with van der Waals surface area (Å²) >= 11 is 5.78. The third-order valence-corrected chi connectivity index (χ3v) is 3.50. The number of carbonyl (C=O) groups excluding carboxylic acids is 2. The second-order valence-corrected chi connectivity index (χ2v) is 5.59. The lowest BCUT2D eigenvalue weighted by Crippen LogP contribution is -2.32. The van der Waals surface area contributed by atoms with Crippen LogP contribution >= 0.6 is 11.6 Å². The van der Waals surface area contributed by atoms with Crippen molar-refractivity contribution in [3.05, 3.63) is 59.1 Å². The van der Waals surface area contributed by atoms with Gasteiger partial charge in [0.05, 0.1) is 13.2 Å². The number of nitrogens with one attached hydrogen (secondary N) is 1. The van der Waals surface area contributed by atoms with Crippen LogP contribution < -0.4 is 14.8 Å². The second kappa shape index (κ2) is 10.3. The highest BCUT2D eigenvalue weighted by Crippen LogP contribution is 2.18. The molecule has 2 aromatic rings. The Morgan fingerprint density at radius 2 is 1.77 bits per heavy atom. The van der Waals surface area contributed by atoms with Crippen molar-refractivity contribution >= 4 is 23.5 Å². The van der Waals surface area contributed by atoms with Crippen molar-refractivity contribution in [2.24, 2.45) is 0 Å². The van der Waals surface area contributed by atoms with E-state index in [1.807, 2.05) is 6.92 Å². The van der Waals surface area contributed by atoms with Gasteiger partial charge in [0.15, 0.2) is 6.61 Å². The second-order valence-electron chi connectivity index (χ2n) is 5.16. The lowest BCUT2D eigenvalue weighted by atomic mass is 10.2. The molecule has 0 aliphatic heterocycles. The zero-order valence-electron chi connectivity index (χ0n) is 14.4. The Balaban J connectivity index is 1.70. The molecule has 7 heteroatoms. The van der Waals surface area contributed by atoms with Gasteiger partial charge in [-0.25, -0.2) is 4.79 Å². The number of benzene rings is 2. The average molecular weight is 378 g/mol. The first kappa shape index (κ1) is 19.6. The van der Waals surface area contributed by atoms with E-state index >= 15 is 0 Å². The van der Waals surface area contributed by atoms with Gasteiger partial charge in [-0.05, 0) is 43.3 Å². The molecule has 0 aromatic heterocycles. The van der Waals surface area contributed by atoms with Gasteiger partial charge < -0.3 is 19.5 Å². The van der Waals surface area contributed by atoms with E-state index < -0.39 is 11.9 Å². The molecule has 2 rings (SSSR count). The minimum atomic E-state index is -0.610. The molecule has 26 heavy (non-hydrogen) atoms. The molecule has 0 fully saturated rings. The van der Waals surface area contributed by atoms with E-state index in [1.165, 1.54) is 0 Å². The molecule has 0 unspecified atom stereocenters. The fraction of sp³-hybridized carbons (Fsp3) is 0.263. The normalized spacial score (nSPS) is 10.1. The number of hydrogen-bond donors (Lipinski definition) is 1. The Bertz CT molecular complexity index is 733. The van der Waals surface area contributed by atoms with Crippen LogP contribution in [0.25, 0.3) is 0 Å². The molecule has 0 bridgehead atoms. The minimum absolute atomic E-state index is 0.285. The summed E-state index contributed by atoms with van der Waals surface area (Å²) in [4.78, 5) is 23.8. The molecule has 0 atom stereocenters. The van der Waals surface area contributed by atoms with Crippen molar-refractivity contribution in [3.63, 3.8) is 0 Å². The fourth-order valence-electron chi connectivity index (χ4n) is 2.07. The first-order valence-electron chi connectivity index (χ1n) is 8.14. The molecule has 1 amide bonds. The maximum absolute atomic E-state index is 12.1. The number of carbonyl (C=O) groups is 2. The third kappa shape index (κ3) is 6.29. The van der Waals surface area contributed by atoms with E-state index in [0.29, 0.717) is 23.1 Å². The van der Waals surface area contributed by atoms with E-state index in [9.17, 15) is 9.59 Å². The van der Waals surface area contributed by atoms with Crippen LogP contribution in [0.5, 0.6) is 11.5 Å². The van der Waals surface area contributed by atoms with Gasteiger partial charge in [0.1, 0.15) is 23.7 Å². The van der Waals surface area contributed by atoms with Crippen LogP contribution in [0.4, 0.5) is 0 Å². The SMILES string of the molecule is CCOc1ccccc1C(=O)OCC(=O)NCCOc1ccc(Cl)cc1. The molecular weight excluding hydrogens is 358 g/mol. The minimum Gasteiger partial charge on any atom is -0.493 e. The van der Waals surface area contributed by atoms with E-state index in [4.69, 9.17) is 25.8 Å². The van der Waals surface area contributed by atoms with Crippen LogP contribution in [0.2, 0.25) is 5.02 Å². The summed E-state index contributed by atoms with van der Waals surface area (Å²) in [6, 6.07) is 13.6. The number of ether oxygens (including phenoxy) is 3. The summed E-state index contributed by atoms with van der Waals surface area (Å²) in [6.07, 6.45) is 0. The third-order valence-electron chi connectivity index (χ3n) is 3.25. The summed E-state index contributed by atoms with van der Waals surface area (Å²) in [5, 5.41) is 3.24. The molecule has 2 aromatic carbocycles. The summed E-state index contributed by atoms with van der Waals surface area (Å²) in [5.74, 6) is 0.0629. The van der Waals surface area contributed by atoms with Crippen molar-refractivity contribution in [1.82, 2.24) is 5.32 Å². The number of amides is 1. The van der Waals surface area contributed by atoms with Crippen LogP contribution in [0, 0.1) is 0 Å². The maximum Gasteiger partial charge on any atom is 0.342 e. The molecule has 0 saturated heterocycles. The van der Waals surface area contributed by atoms with Crippen LogP contribution in [0.15, 0.2) is 48.5 Å². The Labute approximate surface area is 157 Å². The maximum atomic E-state index is 12.1. The van der Waals surface area contributed by atoms with Crippen LogP contribution in [-0.4, -0.2) is 38.2 Å². The van der Waals surface area contributed by atoms with Crippen LogP contribution in [0.3, 0.4) is 0 Å². The van der Waals surface area contributed by atoms with Crippen LogP contribution in [0.1, 0.15) is 17.3 Å². The van der Waals surface area contributed by atoms with Gasteiger partial charge in [0.2, 0.25) is 0 Å². The summed E-state index contributed by atoms with van der Waals surface area (Å²) in [5.41, 5.74) is 0.285. The molecule has 0 spiro atoms. The highest BCUT2D eigenvalue weighted by atomic mass is 35.5. The van der Waals surface area contributed by atoms with E-state index in [0.717, 1.165) is 0 Å². The highest BCUT2D eigenvalue weighted by molar-refractivity contribution is 6.30. The van der Waals surface area contributed by atoms with Crippen molar-refractivity contribution in [2.45, 2.75) is 6.92 Å². The molecule has 6 nitrogen and oxygen atoms in total. The standard InChI is InChI=1S/C19H20ClNO5/c1-2-24-17-6-4-3-5-16(17)19(23)26-13-18(22)21-11-12-25-15-9-7-14(20)8-10-15/h3-10H,2,11-13H2,1H3,(H,21,22). The number of halogens is 1. The largest absolute Gasteiger partial charge is 0.493 e. The van der Waals surface area contributed by atoms with Crippen LogP contribution in [-0.2, 0) is 9.53 Å². The number of hydrogen-bond acceptors (Lipinski definition) is 5. The Hall–Kier alpha value is -2.73. The molecule has 138 valence electrons. The lowest BCUT2D eigenvalue weighted by molar-refractivity contribution is -0.124. The van der Waals surface area contributed by atoms with E-state index in [1.54, 1.807) is 48.5 Å². The quantitative estimate of drug-likeness (QED) is 0.537. The Morgan fingerprint density at radius 1 is 1.04 bits per heavy atom. The first-order chi connectivity index (χ1) is 12.6. The summed E-state index contributed by atoms with van der Waals surface area (Å²) < 4.78 is 15.8. The monoisotopic (exact) mass is 377 g/mol. The molecule has 1 N–H and O–H groups in total. The number of esters is 1. The molecule has 0 radical (unpaired) electrons. The highest BCUT2D eigenvalue weighted by Gasteiger charge is 2.14. The molecule has 0 aliphatic rings. The van der Waals surface area contributed by atoms with Gasteiger partial charge in [-0.2, -0.15) is 0 Å². The smallest absolute Gasteiger partial charge is 0.342 e. The topological polar surface area (TPSA) is 73.9 Å². The predicted octanol–water partition coefficient (Wildman–Crippen LogP) is 3.09. The van der Waals surface area contributed by atoms with Gasteiger partial charge in [-0.1, -0.05) is 23.7 Å². The average Bonchev–Trinajstić information content (AvgIpc) is 2.65. The molecular formula is C19H20ClNO5.